The molecule has 0 spiro atoms. The highest BCUT2D eigenvalue weighted by Gasteiger charge is 2.31. The van der Waals surface area contributed by atoms with Crippen LogP contribution in [0.5, 0.6) is 0 Å². The molecule has 0 aliphatic carbocycles. The predicted molar refractivity (Wildman–Crippen MR) is 102 cm³/mol. The first-order chi connectivity index (χ1) is 12.7. The van der Waals surface area contributed by atoms with Crippen LogP contribution in [0.1, 0.15) is 19.3 Å². The normalized spacial score (nSPS) is 22.3. The first-order valence-electron chi connectivity index (χ1n) is 9.60. The zero-order valence-electron chi connectivity index (χ0n) is 15.4. The van der Waals surface area contributed by atoms with E-state index in [1.807, 2.05) is 12.1 Å². The fourth-order valence-corrected chi connectivity index (χ4v) is 4.12. The fraction of sp³-hybridized carbons (Fsp3) is 0.550. The number of aromatic nitrogens is 3. The lowest BCUT2D eigenvalue weighted by Crippen LogP contribution is -2.54. The van der Waals surface area contributed by atoms with E-state index in [0.29, 0.717) is 18.5 Å². The lowest BCUT2D eigenvalue weighted by Gasteiger charge is -2.44. The van der Waals surface area contributed by atoms with E-state index in [9.17, 15) is 4.79 Å². The first kappa shape index (κ1) is 17.4. The zero-order chi connectivity index (χ0) is 17.9. The molecule has 2 aliphatic heterocycles. The maximum atomic E-state index is 12.2. The van der Waals surface area contributed by atoms with Gasteiger partial charge in [-0.15, -0.1) is 0 Å². The molecule has 2 aromatic rings. The first-order valence-corrected chi connectivity index (χ1v) is 9.60. The van der Waals surface area contributed by atoms with E-state index < -0.39 is 0 Å². The Hall–Kier alpha value is -2.05. The minimum absolute atomic E-state index is 0.0201. The van der Waals surface area contributed by atoms with Crippen LogP contribution in [-0.4, -0.2) is 63.8 Å². The zero-order valence-corrected chi connectivity index (χ0v) is 15.4. The monoisotopic (exact) mass is 353 g/mol. The highest BCUT2D eigenvalue weighted by Crippen LogP contribution is 2.22. The Morgan fingerprint density at radius 1 is 1.08 bits per heavy atom. The molecule has 2 aliphatic rings. The summed E-state index contributed by atoms with van der Waals surface area (Å²) in [5.41, 5.74) is 1.80. The Labute approximate surface area is 154 Å². The van der Waals surface area contributed by atoms with E-state index in [0.717, 1.165) is 30.9 Å². The summed E-state index contributed by atoms with van der Waals surface area (Å²) in [4.78, 5) is 21.2. The molecule has 138 valence electrons. The maximum Gasteiger partial charge on any atom is 0.266 e. The third-order valence-corrected chi connectivity index (χ3v) is 5.70. The number of likely N-dealkylation sites (N-methyl/N-ethyl adjacent to an activating group) is 1. The van der Waals surface area contributed by atoms with Gasteiger partial charge in [-0.3, -0.25) is 9.78 Å². The molecule has 4 heterocycles. The smallest absolute Gasteiger partial charge is 0.266 e. The van der Waals surface area contributed by atoms with Crippen LogP contribution in [0, 0.1) is 5.92 Å². The van der Waals surface area contributed by atoms with Crippen LogP contribution in [0.3, 0.4) is 0 Å². The summed E-state index contributed by atoms with van der Waals surface area (Å²) in [7, 11) is 2.25. The molecule has 0 amide bonds. The van der Waals surface area contributed by atoms with E-state index in [1.165, 1.54) is 25.8 Å². The average molecular weight is 353 g/mol. The van der Waals surface area contributed by atoms with Gasteiger partial charge >= 0.3 is 0 Å². The summed E-state index contributed by atoms with van der Waals surface area (Å²) >= 11 is 0. The minimum atomic E-state index is -0.0201. The Balaban J connectivity index is 1.35. The van der Waals surface area contributed by atoms with Gasteiger partial charge < -0.3 is 9.80 Å². The highest BCUT2D eigenvalue weighted by molar-refractivity contribution is 5.56. The molecule has 2 aromatic heterocycles. The lowest BCUT2D eigenvalue weighted by atomic mass is 9.96. The van der Waals surface area contributed by atoms with Gasteiger partial charge in [-0.1, -0.05) is 6.42 Å². The molecule has 0 N–H and O–H groups in total. The second kappa shape index (κ2) is 7.68. The SMILES string of the molecule is CN1CCCCC1CN1CC(Cn2nc(-c3ccncc3)ccc2=O)C1. The molecule has 26 heavy (non-hydrogen) atoms. The molecule has 6 heteroatoms. The Morgan fingerprint density at radius 3 is 2.65 bits per heavy atom. The third kappa shape index (κ3) is 3.86. The lowest BCUT2D eigenvalue weighted by molar-refractivity contribution is 0.0428. The van der Waals surface area contributed by atoms with Gasteiger partial charge in [0.05, 0.1) is 12.2 Å². The third-order valence-electron chi connectivity index (χ3n) is 5.70. The van der Waals surface area contributed by atoms with Crippen molar-refractivity contribution in [3.05, 3.63) is 47.0 Å². The van der Waals surface area contributed by atoms with Crippen LogP contribution in [0.15, 0.2) is 41.5 Å². The molecule has 0 radical (unpaired) electrons. The fourth-order valence-electron chi connectivity index (χ4n) is 4.12. The second-order valence-electron chi connectivity index (χ2n) is 7.69. The van der Waals surface area contributed by atoms with Gasteiger partial charge in [0.25, 0.3) is 5.56 Å². The van der Waals surface area contributed by atoms with E-state index in [4.69, 9.17) is 0 Å². The molecule has 1 unspecified atom stereocenters. The predicted octanol–water partition coefficient (Wildman–Crippen LogP) is 1.72. The van der Waals surface area contributed by atoms with Crippen LogP contribution >= 0.6 is 0 Å². The van der Waals surface area contributed by atoms with Gasteiger partial charge in [-0.2, -0.15) is 5.10 Å². The number of hydrogen-bond donors (Lipinski definition) is 0. The van der Waals surface area contributed by atoms with Crippen molar-refractivity contribution in [2.45, 2.75) is 31.8 Å². The summed E-state index contributed by atoms with van der Waals surface area (Å²) in [6.45, 7) is 5.22. The number of rotatable bonds is 5. The molecule has 0 saturated carbocycles. The number of pyridine rings is 1. The summed E-state index contributed by atoms with van der Waals surface area (Å²) in [5.74, 6) is 0.516. The van der Waals surface area contributed by atoms with Crippen molar-refractivity contribution in [2.75, 3.05) is 33.2 Å². The summed E-state index contributed by atoms with van der Waals surface area (Å²) in [6.07, 6.45) is 7.50. The Kier molecular flexibility index (Phi) is 5.13. The largest absolute Gasteiger partial charge is 0.302 e. The molecule has 0 bridgehead atoms. The topological polar surface area (TPSA) is 54.3 Å². The number of piperidine rings is 1. The van der Waals surface area contributed by atoms with Crippen molar-refractivity contribution < 1.29 is 0 Å². The van der Waals surface area contributed by atoms with E-state index in [-0.39, 0.29) is 5.56 Å². The van der Waals surface area contributed by atoms with Gasteiger partial charge in [0.15, 0.2) is 0 Å². The minimum Gasteiger partial charge on any atom is -0.302 e. The molecule has 6 nitrogen and oxygen atoms in total. The average Bonchev–Trinajstić information content (AvgIpc) is 2.64. The quantitative estimate of drug-likeness (QED) is 0.819. The van der Waals surface area contributed by atoms with Gasteiger partial charge in [-0.25, -0.2) is 4.68 Å². The number of nitrogens with zero attached hydrogens (tertiary/aromatic N) is 5. The molecule has 4 rings (SSSR count). The highest BCUT2D eigenvalue weighted by atomic mass is 16.1. The van der Waals surface area contributed by atoms with Crippen LogP contribution in [0.25, 0.3) is 11.3 Å². The van der Waals surface area contributed by atoms with Crippen molar-refractivity contribution in [1.29, 1.82) is 0 Å². The molecule has 2 saturated heterocycles. The summed E-state index contributed by atoms with van der Waals surface area (Å²) in [5, 5.41) is 4.57. The maximum absolute atomic E-state index is 12.2. The number of likely N-dealkylation sites (tertiary alicyclic amines) is 2. The molecular formula is C20H27N5O. The van der Waals surface area contributed by atoms with Crippen molar-refractivity contribution in [1.82, 2.24) is 24.6 Å². The summed E-state index contributed by atoms with van der Waals surface area (Å²) < 4.78 is 1.63. The van der Waals surface area contributed by atoms with Crippen LogP contribution in [0.2, 0.25) is 0 Å². The van der Waals surface area contributed by atoms with Gasteiger partial charge in [-0.05, 0) is 44.6 Å². The van der Waals surface area contributed by atoms with E-state index in [2.05, 4.69) is 26.9 Å². The second-order valence-corrected chi connectivity index (χ2v) is 7.69. The molecule has 0 aromatic carbocycles. The van der Waals surface area contributed by atoms with Gasteiger partial charge in [0.2, 0.25) is 0 Å². The van der Waals surface area contributed by atoms with Crippen molar-refractivity contribution >= 4 is 0 Å². The number of hydrogen-bond acceptors (Lipinski definition) is 5. The molecule has 2 fully saturated rings. The van der Waals surface area contributed by atoms with E-state index in [1.54, 1.807) is 29.2 Å². The Morgan fingerprint density at radius 2 is 1.88 bits per heavy atom. The van der Waals surface area contributed by atoms with Crippen molar-refractivity contribution in [2.24, 2.45) is 5.92 Å². The Bertz CT molecular complexity index is 784. The summed E-state index contributed by atoms with van der Waals surface area (Å²) in [6, 6.07) is 7.95. The molecule has 1 atom stereocenters. The van der Waals surface area contributed by atoms with Gasteiger partial charge in [0, 0.05) is 55.6 Å². The van der Waals surface area contributed by atoms with Crippen LogP contribution in [0.4, 0.5) is 0 Å². The molecular weight excluding hydrogens is 326 g/mol. The van der Waals surface area contributed by atoms with E-state index >= 15 is 0 Å². The standard InChI is InChI=1S/C20H27N5O/c1-23-11-3-2-4-18(23)15-24-12-16(13-24)14-25-20(26)6-5-19(22-25)17-7-9-21-10-8-17/h5-10,16,18H,2-4,11-15H2,1H3. The van der Waals surface area contributed by atoms with Crippen molar-refractivity contribution in [3.63, 3.8) is 0 Å². The van der Waals surface area contributed by atoms with Gasteiger partial charge in [0.1, 0.15) is 0 Å². The van der Waals surface area contributed by atoms with Crippen LogP contribution in [-0.2, 0) is 6.54 Å². The van der Waals surface area contributed by atoms with Crippen molar-refractivity contribution in [3.8, 4) is 11.3 Å². The van der Waals surface area contributed by atoms with Crippen LogP contribution < -0.4 is 5.56 Å².